The average molecular weight is 305 g/mol. The molecule has 2 atom stereocenters. The molecule has 2 rings (SSSR count). The molecule has 1 aliphatic rings. The van der Waals surface area contributed by atoms with Gasteiger partial charge in [-0.25, -0.2) is 0 Å². The van der Waals surface area contributed by atoms with Gasteiger partial charge in [0.15, 0.2) is 6.10 Å². The van der Waals surface area contributed by atoms with Crippen LogP contribution in [0.25, 0.3) is 0 Å². The number of amides is 1. The first-order valence-corrected chi connectivity index (χ1v) is 7.74. The van der Waals surface area contributed by atoms with E-state index < -0.39 is 18.0 Å². The lowest BCUT2D eigenvalue weighted by molar-refractivity contribution is -0.148. The fraction of sp³-hybridized carbons (Fsp3) is 0.529. The highest BCUT2D eigenvalue weighted by Gasteiger charge is 2.38. The molecule has 1 aromatic rings. The number of hydrogen-bond donors (Lipinski definition) is 1. The summed E-state index contributed by atoms with van der Waals surface area (Å²) in [6, 6.07) is 9.52. The minimum Gasteiger partial charge on any atom is -0.481 e. The Balaban J connectivity index is 2.17. The zero-order valence-corrected chi connectivity index (χ0v) is 13.1. The van der Waals surface area contributed by atoms with Crippen molar-refractivity contribution < 1.29 is 19.4 Å². The molecule has 0 radical (unpaired) electrons. The first-order chi connectivity index (χ1) is 10.5. The van der Waals surface area contributed by atoms with Crippen LogP contribution in [0.1, 0.15) is 38.4 Å². The van der Waals surface area contributed by atoms with Gasteiger partial charge in [0.25, 0.3) is 5.91 Å². The topological polar surface area (TPSA) is 66.8 Å². The van der Waals surface area contributed by atoms with Gasteiger partial charge >= 0.3 is 5.97 Å². The Morgan fingerprint density at radius 3 is 2.45 bits per heavy atom. The summed E-state index contributed by atoms with van der Waals surface area (Å²) < 4.78 is 5.65. The molecule has 1 aromatic carbocycles. The second-order valence-electron chi connectivity index (χ2n) is 5.71. The molecular formula is C17H23NO4. The van der Waals surface area contributed by atoms with Crippen LogP contribution in [-0.4, -0.2) is 41.1 Å². The van der Waals surface area contributed by atoms with E-state index in [0.29, 0.717) is 6.61 Å². The van der Waals surface area contributed by atoms with Crippen LogP contribution in [0.15, 0.2) is 30.3 Å². The smallest absolute Gasteiger partial charge is 0.308 e. The SMILES string of the molecule is CCOC(C(=O)N(CC(C)C(=O)O)C1CC1)c1ccccc1. The quantitative estimate of drug-likeness (QED) is 0.801. The van der Waals surface area contributed by atoms with Crippen molar-refractivity contribution in [1.29, 1.82) is 0 Å². The van der Waals surface area contributed by atoms with E-state index in [-0.39, 0.29) is 18.5 Å². The molecule has 1 fully saturated rings. The van der Waals surface area contributed by atoms with Crippen molar-refractivity contribution in [2.24, 2.45) is 5.92 Å². The van der Waals surface area contributed by atoms with Crippen molar-refractivity contribution >= 4 is 11.9 Å². The van der Waals surface area contributed by atoms with E-state index in [9.17, 15) is 9.59 Å². The van der Waals surface area contributed by atoms with Crippen molar-refractivity contribution in [3.8, 4) is 0 Å². The molecule has 0 bridgehead atoms. The number of hydrogen-bond acceptors (Lipinski definition) is 3. The minimum absolute atomic E-state index is 0.136. The molecule has 0 heterocycles. The van der Waals surface area contributed by atoms with Gasteiger partial charge in [0, 0.05) is 19.2 Å². The van der Waals surface area contributed by atoms with E-state index in [1.54, 1.807) is 11.8 Å². The van der Waals surface area contributed by atoms with Gasteiger partial charge in [0.2, 0.25) is 0 Å². The van der Waals surface area contributed by atoms with Gasteiger partial charge in [-0.05, 0) is 25.3 Å². The second kappa shape index (κ2) is 7.40. The number of nitrogens with zero attached hydrogens (tertiary/aromatic N) is 1. The first-order valence-electron chi connectivity index (χ1n) is 7.74. The van der Waals surface area contributed by atoms with E-state index in [2.05, 4.69) is 0 Å². The van der Waals surface area contributed by atoms with Crippen LogP contribution in [0.4, 0.5) is 0 Å². The van der Waals surface area contributed by atoms with Crippen molar-refractivity contribution in [3.05, 3.63) is 35.9 Å². The number of benzene rings is 1. The average Bonchev–Trinajstić information content (AvgIpc) is 3.34. The number of carbonyl (C=O) groups excluding carboxylic acids is 1. The number of carboxylic acid groups (broad SMARTS) is 1. The van der Waals surface area contributed by atoms with Crippen LogP contribution >= 0.6 is 0 Å². The fourth-order valence-electron chi connectivity index (χ4n) is 2.43. The molecule has 2 unspecified atom stereocenters. The third-order valence-electron chi connectivity index (χ3n) is 3.82. The van der Waals surface area contributed by atoms with E-state index in [1.165, 1.54) is 0 Å². The number of carboxylic acids is 1. The number of carbonyl (C=O) groups is 2. The predicted octanol–water partition coefficient (Wildman–Crippen LogP) is 2.48. The highest BCUT2D eigenvalue weighted by atomic mass is 16.5. The van der Waals surface area contributed by atoms with Crippen LogP contribution in [0, 0.1) is 5.92 Å². The van der Waals surface area contributed by atoms with Crippen LogP contribution in [0.5, 0.6) is 0 Å². The summed E-state index contributed by atoms with van der Waals surface area (Å²) in [4.78, 5) is 25.7. The normalized spacial score (nSPS) is 16.8. The Morgan fingerprint density at radius 2 is 1.95 bits per heavy atom. The Hall–Kier alpha value is -1.88. The Labute approximate surface area is 130 Å². The van der Waals surface area contributed by atoms with Gasteiger partial charge in [-0.3, -0.25) is 9.59 Å². The highest BCUT2D eigenvalue weighted by Crippen LogP contribution is 2.31. The van der Waals surface area contributed by atoms with Gasteiger partial charge in [0.1, 0.15) is 0 Å². The minimum atomic E-state index is -0.883. The largest absolute Gasteiger partial charge is 0.481 e. The maximum absolute atomic E-state index is 12.9. The maximum atomic E-state index is 12.9. The monoisotopic (exact) mass is 305 g/mol. The predicted molar refractivity (Wildman–Crippen MR) is 82.3 cm³/mol. The Morgan fingerprint density at radius 1 is 1.32 bits per heavy atom. The molecule has 1 saturated carbocycles. The number of rotatable bonds is 8. The second-order valence-corrected chi connectivity index (χ2v) is 5.71. The van der Waals surface area contributed by atoms with Gasteiger partial charge in [0.05, 0.1) is 5.92 Å². The molecular weight excluding hydrogens is 282 g/mol. The molecule has 1 aliphatic carbocycles. The summed E-state index contributed by atoms with van der Waals surface area (Å²) in [7, 11) is 0. The van der Waals surface area contributed by atoms with E-state index in [4.69, 9.17) is 9.84 Å². The van der Waals surface area contributed by atoms with Crippen molar-refractivity contribution in [2.45, 2.75) is 38.8 Å². The van der Waals surface area contributed by atoms with E-state index >= 15 is 0 Å². The number of aliphatic carboxylic acids is 1. The van der Waals surface area contributed by atoms with Crippen molar-refractivity contribution in [1.82, 2.24) is 4.90 Å². The van der Waals surface area contributed by atoms with Gasteiger partial charge in [-0.1, -0.05) is 37.3 Å². The number of ether oxygens (including phenoxy) is 1. The molecule has 5 nitrogen and oxygen atoms in total. The molecule has 5 heteroatoms. The van der Waals surface area contributed by atoms with Crippen LogP contribution in [0.2, 0.25) is 0 Å². The van der Waals surface area contributed by atoms with Crippen molar-refractivity contribution in [3.63, 3.8) is 0 Å². The maximum Gasteiger partial charge on any atom is 0.308 e. The molecule has 120 valence electrons. The molecule has 0 spiro atoms. The summed E-state index contributed by atoms with van der Waals surface area (Å²) in [6.07, 6.45) is 1.21. The lowest BCUT2D eigenvalue weighted by atomic mass is 10.1. The fourth-order valence-corrected chi connectivity index (χ4v) is 2.43. The van der Waals surface area contributed by atoms with Crippen LogP contribution in [-0.2, 0) is 14.3 Å². The van der Waals surface area contributed by atoms with Crippen molar-refractivity contribution in [2.75, 3.05) is 13.2 Å². The van der Waals surface area contributed by atoms with Gasteiger partial charge in [-0.15, -0.1) is 0 Å². The third kappa shape index (κ3) is 4.07. The zero-order chi connectivity index (χ0) is 16.1. The van der Waals surface area contributed by atoms with E-state index in [1.807, 2.05) is 37.3 Å². The molecule has 0 aromatic heterocycles. The zero-order valence-electron chi connectivity index (χ0n) is 13.1. The first kappa shape index (κ1) is 16.5. The Kier molecular flexibility index (Phi) is 5.55. The molecule has 0 saturated heterocycles. The Bertz CT molecular complexity index is 513. The van der Waals surface area contributed by atoms with E-state index in [0.717, 1.165) is 18.4 Å². The molecule has 0 aliphatic heterocycles. The summed E-state index contributed by atoms with van der Waals surface area (Å²) in [5.41, 5.74) is 0.808. The molecule has 1 amide bonds. The summed E-state index contributed by atoms with van der Waals surface area (Å²) in [5, 5.41) is 9.10. The standard InChI is InChI=1S/C17H23NO4/c1-3-22-15(13-7-5-4-6-8-13)16(19)18(14-9-10-14)11-12(2)17(20)21/h4-8,12,14-15H,3,9-11H2,1-2H3,(H,20,21). The summed E-state index contributed by atoms with van der Waals surface area (Å²) in [5.74, 6) is -1.60. The van der Waals surface area contributed by atoms with Crippen LogP contribution < -0.4 is 0 Å². The molecule has 22 heavy (non-hydrogen) atoms. The van der Waals surface area contributed by atoms with Gasteiger partial charge in [-0.2, -0.15) is 0 Å². The third-order valence-corrected chi connectivity index (χ3v) is 3.82. The lowest BCUT2D eigenvalue weighted by Crippen LogP contribution is -2.42. The summed E-state index contributed by atoms with van der Waals surface area (Å²) in [6.45, 7) is 4.14. The lowest BCUT2D eigenvalue weighted by Gasteiger charge is -2.28. The van der Waals surface area contributed by atoms with Crippen LogP contribution in [0.3, 0.4) is 0 Å². The molecule has 1 N–H and O–H groups in total. The van der Waals surface area contributed by atoms with Gasteiger partial charge < -0.3 is 14.7 Å². The summed E-state index contributed by atoms with van der Waals surface area (Å²) >= 11 is 0. The highest BCUT2D eigenvalue weighted by molar-refractivity contribution is 5.83.